The van der Waals surface area contributed by atoms with Crippen LogP contribution < -0.4 is 5.32 Å². The highest BCUT2D eigenvalue weighted by atomic mass is 14.9. The van der Waals surface area contributed by atoms with Crippen LogP contribution in [0.3, 0.4) is 0 Å². The summed E-state index contributed by atoms with van der Waals surface area (Å²) in [5, 5.41) is 5.03. The minimum absolute atomic E-state index is 0.623. The van der Waals surface area contributed by atoms with Gasteiger partial charge in [0.2, 0.25) is 0 Å². The molecule has 0 bridgehead atoms. The first kappa shape index (κ1) is 14.4. The molecule has 0 saturated heterocycles. The molecule has 1 fully saturated rings. The first-order valence-corrected chi connectivity index (χ1v) is 8.47. The van der Waals surface area contributed by atoms with Gasteiger partial charge in [-0.1, -0.05) is 38.7 Å². The normalized spacial score (nSPS) is 22.9. The van der Waals surface area contributed by atoms with Gasteiger partial charge in [0.25, 0.3) is 0 Å². The predicted octanol–water partition coefficient (Wildman–Crippen LogP) is 5.40. The maximum absolute atomic E-state index is 4.45. The monoisotopic (exact) mass is 282 g/mol. The molecule has 2 heteroatoms. The number of hydrogen-bond donors (Lipinski definition) is 1. The minimum atomic E-state index is 0.623. The van der Waals surface area contributed by atoms with E-state index < -0.39 is 0 Å². The lowest BCUT2D eigenvalue weighted by Gasteiger charge is -2.19. The first-order valence-electron chi connectivity index (χ1n) is 8.47. The number of nitrogens with zero attached hydrogens (tertiary/aromatic N) is 1. The Morgan fingerprint density at radius 3 is 2.95 bits per heavy atom. The number of benzene rings is 1. The number of pyridine rings is 1. The molecule has 0 radical (unpaired) electrons. The van der Waals surface area contributed by atoms with Crippen molar-refractivity contribution in [1.82, 2.24) is 4.98 Å². The summed E-state index contributed by atoms with van der Waals surface area (Å²) < 4.78 is 0. The van der Waals surface area contributed by atoms with Gasteiger partial charge >= 0.3 is 0 Å². The summed E-state index contributed by atoms with van der Waals surface area (Å²) in [6.07, 6.45) is 11.4. The van der Waals surface area contributed by atoms with Gasteiger partial charge in [0.15, 0.2) is 0 Å². The second kappa shape index (κ2) is 6.93. The minimum Gasteiger partial charge on any atom is -0.382 e. The van der Waals surface area contributed by atoms with Crippen LogP contribution in [0.4, 0.5) is 5.69 Å². The van der Waals surface area contributed by atoms with Crippen molar-refractivity contribution in [2.45, 2.75) is 57.9 Å². The van der Waals surface area contributed by atoms with Crippen molar-refractivity contribution in [2.75, 3.05) is 5.32 Å². The Kier molecular flexibility index (Phi) is 4.74. The number of nitrogens with one attached hydrogen (secondary N) is 1. The molecule has 2 unspecified atom stereocenters. The summed E-state index contributed by atoms with van der Waals surface area (Å²) in [5.41, 5.74) is 2.33. The standard InChI is InChI=1S/C19H26N2/c1-2-6-15-7-3-8-16(13-12-15)21-19-11-4-10-18-17(19)9-5-14-20-18/h4-5,9-11,14-16,21H,2-3,6-8,12-13H2,1H3. The third kappa shape index (κ3) is 3.55. The van der Waals surface area contributed by atoms with Crippen molar-refractivity contribution in [2.24, 2.45) is 5.92 Å². The lowest BCUT2D eigenvalue weighted by atomic mass is 9.95. The van der Waals surface area contributed by atoms with E-state index in [4.69, 9.17) is 0 Å². The van der Waals surface area contributed by atoms with Crippen LogP contribution in [0.15, 0.2) is 36.5 Å². The molecule has 1 heterocycles. The van der Waals surface area contributed by atoms with E-state index in [0.717, 1.165) is 11.4 Å². The highest BCUT2D eigenvalue weighted by molar-refractivity contribution is 5.91. The van der Waals surface area contributed by atoms with Crippen molar-refractivity contribution >= 4 is 16.6 Å². The molecule has 21 heavy (non-hydrogen) atoms. The second-order valence-corrected chi connectivity index (χ2v) is 6.38. The fraction of sp³-hybridized carbons (Fsp3) is 0.526. The van der Waals surface area contributed by atoms with Crippen molar-refractivity contribution in [1.29, 1.82) is 0 Å². The molecule has 2 nitrogen and oxygen atoms in total. The Morgan fingerprint density at radius 2 is 2.05 bits per heavy atom. The van der Waals surface area contributed by atoms with E-state index in [1.807, 2.05) is 12.3 Å². The second-order valence-electron chi connectivity index (χ2n) is 6.38. The Labute approximate surface area is 128 Å². The molecule has 3 rings (SSSR count). The van der Waals surface area contributed by atoms with Gasteiger partial charge in [-0.15, -0.1) is 0 Å². The van der Waals surface area contributed by atoms with E-state index >= 15 is 0 Å². The number of hydrogen-bond acceptors (Lipinski definition) is 2. The Hall–Kier alpha value is -1.57. The molecule has 0 spiro atoms. The maximum Gasteiger partial charge on any atom is 0.0722 e. The van der Waals surface area contributed by atoms with E-state index in [0.29, 0.717) is 6.04 Å². The average molecular weight is 282 g/mol. The lowest BCUT2D eigenvalue weighted by molar-refractivity contribution is 0.422. The maximum atomic E-state index is 4.45. The van der Waals surface area contributed by atoms with Gasteiger partial charge in [0, 0.05) is 23.3 Å². The van der Waals surface area contributed by atoms with Gasteiger partial charge in [-0.25, -0.2) is 0 Å². The van der Waals surface area contributed by atoms with Crippen LogP contribution in [0.25, 0.3) is 10.9 Å². The molecular weight excluding hydrogens is 256 g/mol. The number of fused-ring (bicyclic) bond motifs is 1. The number of aromatic nitrogens is 1. The van der Waals surface area contributed by atoms with Gasteiger partial charge in [0.1, 0.15) is 0 Å². The largest absolute Gasteiger partial charge is 0.382 e. The molecule has 0 amide bonds. The molecule has 112 valence electrons. The molecule has 1 aliphatic carbocycles. The zero-order valence-corrected chi connectivity index (χ0v) is 13.0. The van der Waals surface area contributed by atoms with Gasteiger partial charge in [-0.2, -0.15) is 0 Å². The van der Waals surface area contributed by atoms with Crippen molar-refractivity contribution in [3.63, 3.8) is 0 Å². The SMILES string of the molecule is CCCC1CCCC(Nc2cccc3ncccc23)CC1. The zero-order valence-electron chi connectivity index (χ0n) is 13.0. The summed E-state index contributed by atoms with van der Waals surface area (Å²) in [7, 11) is 0. The Bertz CT molecular complexity index is 573. The lowest BCUT2D eigenvalue weighted by Crippen LogP contribution is -2.18. The molecule has 2 aromatic rings. The molecule has 1 saturated carbocycles. The van der Waals surface area contributed by atoms with Crippen molar-refractivity contribution < 1.29 is 0 Å². The smallest absolute Gasteiger partial charge is 0.0722 e. The molecule has 1 N–H and O–H groups in total. The van der Waals surface area contributed by atoms with Crippen LogP contribution in [0, 0.1) is 5.92 Å². The van der Waals surface area contributed by atoms with Crippen LogP contribution in [0.2, 0.25) is 0 Å². The zero-order chi connectivity index (χ0) is 14.5. The first-order chi connectivity index (χ1) is 10.4. The van der Waals surface area contributed by atoms with E-state index in [1.54, 1.807) is 0 Å². The van der Waals surface area contributed by atoms with Gasteiger partial charge < -0.3 is 5.32 Å². The van der Waals surface area contributed by atoms with Crippen LogP contribution >= 0.6 is 0 Å². The van der Waals surface area contributed by atoms with Crippen molar-refractivity contribution in [3.8, 4) is 0 Å². The van der Waals surface area contributed by atoms with Crippen molar-refractivity contribution in [3.05, 3.63) is 36.5 Å². The third-order valence-corrected chi connectivity index (χ3v) is 4.79. The Morgan fingerprint density at radius 1 is 1.10 bits per heavy atom. The highest BCUT2D eigenvalue weighted by Gasteiger charge is 2.18. The van der Waals surface area contributed by atoms with Gasteiger partial charge in [0.05, 0.1) is 5.52 Å². The third-order valence-electron chi connectivity index (χ3n) is 4.79. The summed E-state index contributed by atoms with van der Waals surface area (Å²) in [4.78, 5) is 4.45. The Balaban J connectivity index is 1.70. The molecule has 1 aromatic carbocycles. The summed E-state index contributed by atoms with van der Waals surface area (Å²) in [6, 6.07) is 11.2. The van der Waals surface area contributed by atoms with E-state index in [2.05, 4.69) is 41.5 Å². The van der Waals surface area contributed by atoms with Crippen LogP contribution in [0.1, 0.15) is 51.9 Å². The topological polar surface area (TPSA) is 24.9 Å². The summed E-state index contributed by atoms with van der Waals surface area (Å²) >= 11 is 0. The number of rotatable bonds is 4. The average Bonchev–Trinajstić information content (AvgIpc) is 2.74. The molecule has 0 aliphatic heterocycles. The quantitative estimate of drug-likeness (QED) is 0.760. The highest BCUT2D eigenvalue weighted by Crippen LogP contribution is 2.30. The van der Waals surface area contributed by atoms with Gasteiger partial charge in [-0.05, 0) is 49.4 Å². The van der Waals surface area contributed by atoms with E-state index in [-0.39, 0.29) is 0 Å². The fourth-order valence-corrected chi connectivity index (χ4v) is 3.67. The fourth-order valence-electron chi connectivity index (χ4n) is 3.67. The van der Waals surface area contributed by atoms with E-state index in [9.17, 15) is 0 Å². The molecule has 2 atom stereocenters. The van der Waals surface area contributed by atoms with E-state index in [1.165, 1.54) is 56.0 Å². The number of anilines is 1. The predicted molar refractivity (Wildman–Crippen MR) is 90.6 cm³/mol. The van der Waals surface area contributed by atoms with Crippen LogP contribution in [0.5, 0.6) is 0 Å². The van der Waals surface area contributed by atoms with Gasteiger partial charge in [-0.3, -0.25) is 4.98 Å². The van der Waals surface area contributed by atoms with Crippen LogP contribution in [-0.4, -0.2) is 11.0 Å². The molecule has 1 aromatic heterocycles. The van der Waals surface area contributed by atoms with Crippen LogP contribution in [-0.2, 0) is 0 Å². The summed E-state index contributed by atoms with van der Waals surface area (Å²) in [5.74, 6) is 0.955. The molecule has 1 aliphatic rings. The summed E-state index contributed by atoms with van der Waals surface area (Å²) in [6.45, 7) is 2.31. The molecular formula is C19H26N2.